The van der Waals surface area contributed by atoms with Gasteiger partial charge in [0.15, 0.2) is 12.1 Å². The SMILES string of the molecule is C=CCOC(=O)NCCNC(=O)[C@]1(O)Cc2c(O)c3c(c(O)c2[C@@H](O[C@H]2C[C@H]([N+]4([O-])CCO[C@H](OC(C)C)C4)[C@H](O)[C@H](C)O2)C1)C(=O)c1c(OC)cccc1C3=O. The lowest BCUT2D eigenvalue weighted by Crippen LogP contribution is -2.67. The van der Waals surface area contributed by atoms with Gasteiger partial charge in [-0.15, -0.1) is 0 Å². The van der Waals surface area contributed by atoms with Gasteiger partial charge >= 0.3 is 6.09 Å². The molecule has 0 saturated carbocycles. The summed E-state index contributed by atoms with van der Waals surface area (Å²) in [6, 6.07) is 3.32. The predicted molar refractivity (Wildman–Crippen MR) is 197 cm³/mol. The molecule has 0 bridgehead atoms. The number of hydroxylamine groups is 3. The van der Waals surface area contributed by atoms with Crippen LogP contribution in [0.4, 0.5) is 4.79 Å². The monoisotopic (exact) mass is 799 g/mol. The van der Waals surface area contributed by atoms with Crippen molar-refractivity contribution in [1.29, 1.82) is 0 Å². The van der Waals surface area contributed by atoms with E-state index in [0.29, 0.717) is 0 Å². The third-order valence-electron chi connectivity index (χ3n) is 10.8. The fourth-order valence-corrected chi connectivity index (χ4v) is 8.09. The maximum atomic E-state index is 14.4. The normalized spacial score (nSPS) is 29.5. The Labute approximate surface area is 328 Å². The van der Waals surface area contributed by atoms with Crippen molar-refractivity contribution in [1.82, 2.24) is 10.6 Å². The van der Waals surface area contributed by atoms with Crippen LogP contribution in [0.15, 0.2) is 30.9 Å². The molecule has 8 atom stereocenters. The Hall–Kier alpha value is -4.66. The number of aliphatic hydroxyl groups excluding tert-OH is 1. The van der Waals surface area contributed by atoms with Crippen LogP contribution in [0.5, 0.6) is 17.2 Å². The fourth-order valence-electron chi connectivity index (χ4n) is 8.09. The molecule has 4 aliphatic rings. The van der Waals surface area contributed by atoms with Crippen LogP contribution in [0.2, 0.25) is 0 Å². The van der Waals surface area contributed by atoms with Crippen LogP contribution in [-0.4, -0.2) is 138 Å². The van der Waals surface area contributed by atoms with E-state index in [1.807, 2.05) is 0 Å². The summed E-state index contributed by atoms with van der Waals surface area (Å²) in [4.78, 5) is 53.6. The zero-order valence-corrected chi connectivity index (χ0v) is 32.1. The Balaban J connectivity index is 1.36. The van der Waals surface area contributed by atoms with Gasteiger partial charge in [0.05, 0.1) is 55.1 Å². The maximum absolute atomic E-state index is 14.4. The van der Waals surface area contributed by atoms with Gasteiger partial charge in [-0.3, -0.25) is 14.4 Å². The Kier molecular flexibility index (Phi) is 12.3. The zero-order valence-electron chi connectivity index (χ0n) is 32.1. The van der Waals surface area contributed by atoms with Crippen LogP contribution in [0.3, 0.4) is 0 Å². The molecule has 2 heterocycles. The molecular weight excluding hydrogens is 750 g/mol. The number of phenolic OH excluding ortho intramolecular Hbond substituents is 2. The van der Waals surface area contributed by atoms with Gasteiger partial charge in [0.25, 0.3) is 5.91 Å². The number of aliphatic hydroxyl groups is 2. The van der Waals surface area contributed by atoms with Crippen LogP contribution in [-0.2, 0) is 34.9 Å². The average Bonchev–Trinajstić information content (AvgIpc) is 3.16. The number of nitrogens with zero attached hydrogens (tertiary/aromatic N) is 1. The molecule has 0 spiro atoms. The summed E-state index contributed by atoms with van der Waals surface area (Å²) in [5.74, 6) is -4.00. The molecule has 0 aromatic heterocycles. The summed E-state index contributed by atoms with van der Waals surface area (Å²) in [6.07, 6.45) is -6.81. The van der Waals surface area contributed by atoms with E-state index >= 15 is 0 Å². The first-order chi connectivity index (χ1) is 27.0. The minimum atomic E-state index is -2.36. The van der Waals surface area contributed by atoms with E-state index in [1.165, 1.54) is 31.4 Å². The highest BCUT2D eigenvalue weighted by atomic mass is 16.7. The molecule has 2 aromatic rings. The highest BCUT2D eigenvalue weighted by Gasteiger charge is 2.52. The Morgan fingerprint density at radius 3 is 2.53 bits per heavy atom. The van der Waals surface area contributed by atoms with Gasteiger partial charge in [-0.1, -0.05) is 24.8 Å². The molecule has 2 saturated heterocycles. The average molecular weight is 800 g/mol. The molecule has 2 amide bonds. The van der Waals surface area contributed by atoms with Crippen molar-refractivity contribution >= 4 is 23.6 Å². The molecule has 2 aliphatic heterocycles. The van der Waals surface area contributed by atoms with E-state index in [2.05, 4.69) is 17.2 Å². The van der Waals surface area contributed by atoms with Crippen LogP contribution in [0, 0.1) is 5.21 Å². The van der Waals surface area contributed by atoms with Crippen molar-refractivity contribution in [3.8, 4) is 17.2 Å². The van der Waals surface area contributed by atoms with E-state index in [9.17, 15) is 44.8 Å². The first-order valence-corrected chi connectivity index (χ1v) is 18.8. The number of aromatic hydroxyl groups is 2. The van der Waals surface area contributed by atoms with Crippen LogP contribution in [0.25, 0.3) is 0 Å². The van der Waals surface area contributed by atoms with E-state index in [-0.39, 0.29) is 79.9 Å². The number of carbonyl (C=O) groups is 4. The number of phenols is 2. The van der Waals surface area contributed by atoms with Gasteiger partial charge < -0.3 is 69.3 Å². The second-order valence-electron chi connectivity index (χ2n) is 14.9. The van der Waals surface area contributed by atoms with Gasteiger partial charge in [-0.05, 0) is 26.8 Å². The van der Waals surface area contributed by atoms with Crippen LogP contribution in [0.1, 0.15) is 82.7 Å². The first-order valence-electron chi connectivity index (χ1n) is 18.8. The van der Waals surface area contributed by atoms with Gasteiger partial charge in [0, 0.05) is 42.6 Å². The van der Waals surface area contributed by atoms with Gasteiger partial charge in [0.2, 0.25) is 12.1 Å². The van der Waals surface area contributed by atoms with Gasteiger partial charge in [-0.25, -0.2) is 4.79 Å². The van der Waals surface area contributed by atoms with Crippen molar-refractivity contribution in [2.45, 2.75) is 88.7 Å². The van der Waals surface area contributed by atoms with E-state index in [0.717, 1.165) is 0 Å². The number of fused-ring (bicyclic) bond motifs is 3. The summed E-state index contributed by atoms with van der Waals surface area (Å²) in [6.45, 7) is 8.26. The number of methoxy groups -OCH3 is 1. The number of alkyl carbamates (subject to hydrolysis) is 1. The zero-order chi connectivity index (χ0) is 41.4. The molecule has 57 heavy (non-hydrogen) atoms. The van der Waals surface area contributed by atoms with Gasteiger partial charge in [-0.2, -0.15) is 0 Å². The Morgan fingerprint density at radius 2 is 1.82 bits per heavy atom. The van der Waals surface area contributed by atoms with Crippen LogP contribution < -0.4 is 15.4 Å². The lowest BCUT2D eigenvalue weighted by molar-refractivity contribution is -0.926. The van der Waals surface area contributed by atoms with Crippen molar-refractivity contribution in [2.24, 2.45) is 0 Å². The summed E-state index contributed by atoms with van der Waals surface area (Å²) >= 11 is 0. The molecule has 18 nitrogen and oxygen atoms in total. The predicted octanol–water partition coefficient (Wildman–Crippen LogP) is 1.61. The number of ether oxygens (including phenoxy) is 6. The summed E-state index contributed by atoms with van der Waals surface area (Å²) in [5.41, 5.74) is -4.06. The largest absolute Gasteiger partial charge is 0.632 e. The van der Waals surface area contributed by atoms with E-state index in [1.54, 1.807) is 20.8 Å². The standard InChI is InChI=1S/C39H49N3O15/c1-6-13-54-38(49)41-11-10-40-37(48)39(50)16-22-29(36(47)31-30(34(22)45)33(44)21-8-7-9-24(52-5)28(21)35(31)46)25(17-39)57-26-15-23(32(43)20(4)56-26)42(51)12-14-53-27(18-42)55-19(2)3/h6-9,19-20,23,25-27,32,43,45,47,50H,1,10-18H2,2-5H3,(H,40,48)(H,41,49)/t20-,23-,25-,26-,27+,32+,39-,42?/m0/s1. The number of hydrogen-bond acceptors (Lipinski definition) is 15. The number of hydrogen-bond donors (Lipinski definition) is 6. The van der Waals surface area contributed by atoms with E-state index < -0.39 is 106 Å². The number of carbonyl (C=O) groups excluding carboxylic acids is 4. The number of quaternary nitrogens is 1. The fraction of sp³-hybridized carbons (Fsp3) is 0.538. The third kappa shape index (κ3) is 8.08. The van der Waals surface area contributed by atoms with Crippen molar-refractivity contribution in [3.63, 3.8) is 0 Å². The highest BCUT2D eigenvalue weighted by molar-refractivity contribution is 6.31. The number of morpholine rings is 1. The number of rotatable bonds is 12. The van der Waals surface area contributed by atoms with Crippen molar-refractivity contribution < 1.29 is 72.7 Å². The number of nitrogens with one attached hydrogen (secondary N) is 2. The molecule has 1 unspecified atom stereocenters. The van der Waals surface area contributed by atoms with Gasteiger partial charge in [0.1, 0.15) is 54.7 Å². The number of benzene rings is 2. The van der Waals surface area contributed by atoms with Crippen LogP contribution >= 0.6 is 0 Å². The maximum Gasteiger partial charge on any atom is 0.407 e. The molecule has 18 heteroatoms. The molecule has 6 rings (SSSR count). The lowest BCUT2D eigenvalue weighted by atomic mass is 9.72. The van der Waals surface area contributed by atoms with Crippen molar-refractivity contribution in [2.75, 3.05) is 46.5 Å². The molecule has 2 fully saturated rings. The minimum absolute atomic E-state index is 0.00594. The first kappa shape index (κ1) is 42.0. The lowest BCUT2D eigenvalue weighted by Gasteiger charge is -2.56. The Bertz CT molecular complexity index is 1920. The second-order valence-corrected chi connectivity index (χ2v) is 14.9. The molecule has 2 aliphatic carbocycles. The minimum Gasteiger partial charge on any atom is -0.632 e. The smallest absolute Gasteiger partial charge is 0.407 e. The quantitative estimate of drug-likeness (QED) is 0.0501. The summed E-state index contributed by atoms with van der Waals surface area (Å²) < 4.78 is 33.2. The summed E-state index contributed by atoms with van der Waals surface area (Å²) in [7, 11) is 1.31. The molecule has 310 valence electrons. The Morgan fingerprint density at radius 1 is 1.11 bits per heavy atom. The van der Waals surface area contributed by atoms with E-state index in [4.69, 9.17) is 28.4 Å². The number of ketones is 2. The summed E-state index contributed by atoms with van der Waals surface area (Å²) in [5, 5.41) is 66.4. The second kappa shape index (κ2) is 16.7. The topological polar surface area (TPSA) is 252 Å². The molecular formula is C39H49N3O15. The van der Waals surface area contributed by atoms with Crippen molar-refractivity contribution in [3.05, 3.63) is 69.4 Å². The molecule has 6 N–H and O–H groups in total. The third-order valence-corrected chi connectivity index (χ3v) is 10.8. The molecule has 2 aromatic carbocycles. The highest BCUT2D eigenvalue weighted by Crippen LogP contribution is 2.52. The molecule has 0 radical (unpaired) electrons. The number of amides is 2.